The van der Waals surface area contributed by atoms with E-state index in [0.29, 0.717) is 35.8 Å². The molecule has 9 heteroatoms. The molecule has 0 radical (unpaired) electrons. The van der Waals surface area contributed by atoms with Gasteiger partial charge in [0.05, 0.1) is 23.0 Å². The fraction of sp³-hybridized carbons (Fsp3) is 0.368. The Morgan fingerprint density at radius 1 is 1.07 bits per heavy atom. The number of non-ortho nitro benzene ring substituents is 1. The zero-order chi connectivity index (χ0) is 20.9. The van der Waals surface area contributed by atoms with Crippen molar-refractivity contribution in [3.63, 3.8) is 0 Å². The molecule has 0 heterocycles. The largest absolute Gasteiger partial charge is 0.490 e. The van der Waals surface area contributed by atoms with E-state index in [2.05, 4.69) is 4.72 Å². The van der Waals surface area contributed by atoms with Crippen LogP contribution in [0.2, 0.25) is 0 Å². The number of nitrogens with one attached hydrogen (secondary N) is 1. The smallest absolute Gasteiger partial charge is 0.270 e. The Labute approximate surface area is 164 Å². The Kier molecular flexibility index (Phi) is 6.98. The molecule has 2 aromatic carbocycles. The number of benzene rings is 2. The molecule has 0 aliphatic carbocycles. The quantitative estimate of drug-likeness (QED) is 0.500. The summed E-state index contributed by atoms with van der Waals surface area (Å²) in [6, 6.07) is 8.38. The van der Waals surface area contributed by atoms with Crippen molar-refractivity contribution < 1.29 is 22.8 Å². The van der Waals surface area contributed by atoms with Crippen molar-refractivity contribution in [1.82, 2.24) is 4.72 Å². The highest BCUT2D eigenvalue weighted by atomic mass is 32.2. The van der Waals surface area contributed by atoms with E-state index in [1.54, 1.807) is 32.0 Å². The average molecular weight is 408 g/mol. The normalized spacial score (nSPS) is 12.4. The molecular formula is C19H24N2O6S. The maximum Gasteiger partial charge on any atom is 0.270 e. The Bertz CT molecular complexity index is 959. The second kappa shape index (κ2) is 9.03. The number of nitro groups is 1. The number of hydrogen-bond acceptors (Lipinski definition) is 6. The summed E-state index contributed by atoms with van der Waals surface area (Å²) in [5, 5.41) is 11.0. The van der Waals surface area contributed by atoms with Gasteiger partial charge in [-0.05, 0) is 51.0 Å². The van der Waals surface area contributed by atoms with Crippen molar-refractivity contribution >= 4 is 15.7 Å². The summed E-state index contributed by atoms with van der Waals surface area (Å²) >= 11 is 0. The van der Waals surface area contributed by atoms with E-state index in [9.17, 15) is 18.5 Å². The zero-order valence-corrected chi connectivity index (χ0v) is 17.1. The first-order chi connectivity index (χ1) is 13.2. The average Bonchev–Trinajstić information content (AvgIpc) is 2.63. The fourth-order valence-electron chi connectivity index (χ4n) is 2.69. The molecule has 0 amide bonds. The molecule has 0 spiro atoms. The first-order valence-electron chi connectivity index (χ1n) is 8.86. The lowest BCUT2D eigenvalue weighted by Crippen LogP contribution is -2.27. The molecule has 1 N–H and O–H groups in total. The minimum atomic E-state index is -3.97. The van der Waals surface area contributed by atoms with E-state index < -0.39 is 21.0 Å². The molecule has 8 nitrogen and oxygen atoms in total. The molecule has 0 aliphatic rings. The summed E-state index contributed by atoms with van der Waals surface area (Å²) < 4.78 is 39.3. The topological polar surface area (TPSA) is 108 Å². The maximum atomic E-state index is 12.8. The van der Waals surface area contributed by atoms with Gasteiger partial charge >= 0.3 is 0 Å². The molecule has 2 rings (SSSR count). The summed E-state index contributed by atoms with van der Waals surface area (Å²) in [5.74, 6) is 1.11. The Morgan fingerprint density at radius 3 is 2.32 bits per heavy atom. The zero-order valence-electron chi connectivity index (χ0n) is 16.3. The van der Waals surface area contributed by atoms with Gasteiger partial charge in [0.25, 0.3) is 5.69 Å². The molecule has 0 aliphatic heterocycles. The van der Waals surface area contributed by atoms with Crippen molar-refractivity contribution in [3.05, 3.63) is 57.6 Å². The number of hydrogen-bond donors (Lipinski definition) is 1. The van der Waals surface area contributed by atoms with Crippen molar-refractivity contribution in [2.24, 2.45) is 0 Å². The summed E-state index contributed by atoms with van der Waals surface area (Å²) in [4.78, 5) is 10.2. The van der Waals surface area contributed by atoms with Crippen LogP contribution in [-0.4, -0.2) is 26.6 Å². The Balaban J connectivity index is 2.33. The molecule has 0 saturated carbocycles. The van der Waals surface area contributed by atoms with Crippen LogP contribution < -0.4 is 14.2 Å². The number of sulfonamides is 1. The number of rotatable bonds is 9. The fourth-order valence-corrected chi connectivity index (χ4v) is 4.19. The van der Waals surface area contributed by atoms with Gasteiger partial charge in [-0.3, -0.25) is 10.1 Å². The third kappa shape index (κ3) is 4.99. The lowest BCUT2D eigenvalue weighted by atomic mass is 10.1. The Hall–Kier alpha value is -2.65. The second-order valence-corrected chi connectivity index (χ2v) is 7.80. The van der Waals surface area contributed by atoms with Crippen LogP contribution in [0.5, 0.6) is 11.5 Å². The molecule has 28 heavy (non-hydrogen) atoms. The summed E-state index contributed by atoms with van der Waals surface area (Å²) in [7, 11) is -3.97. The van der Waals surface area contributed by atoms with Crippen molar-refractivity contribution in [2.75, 3.05) is 13.2 Å². The minimum absolute atomic E-state index is 0.121. The van der Waals surface area contributed by atoms with Crippen LogP contribution in [0, 0.1) is 17.0 Å². The summed E-state index contributed by atoms with van der Waals surface area (Å²) in [6.45, 7) is 7.91. The van der Waals surface area contributed by atoms with Crippen LogP contribution in [-0.2, 0) is 10.0 Å². The second-order valence-electron chi connectivity index (χ2n) is 6.12. The van der Waals surface area contributed by atoms with Gasteiger partial charge < -0.3 is 9.47 Å². The minimum Gasteiger partial charge on any atom is -0.490 e. The predicted octanol–water partition coefficient (Wildman–Crippen LogP) is 3.74. The van der Waals surface area contributed by atoms with Gasteiger partial charge in [0.15, 0.2) is 11.5 Å². The third-order valence-corrected chi connectivity index (χ3v) is 5.75. The predicted molar refractivity (Wildman–Crippen MR) is 105 cm³/mol. The molecule has 1 unspecified atom stereocenters. The lowest BCUT2D eigenvalue weighted by Gasteiger charge is -2.18. The highest BCUT2D eigenvalue weighted by Crippen LogP contribution is 2.31. The number of nitro benzene ring substituents is 1. The summed E-state index contributed by atoms with van der Waals surface area (Å²) in [5.41, 5.74) is 0.823. The first kappa shape index (κ1) is 21.6. The van der Waals surface area contributed by atoms with Crippen molar-refractivity contribution in [3.8, 4) is 11.5 Å². The van der Waals surface area contributed by atoms with Crippen molar-refractivity contribution in [1.29, 1.82) is 0 Å². The molecule has 1 atom stereocenters. The van der Waals surface area contributed by atoms with Crippen LogP contribution in [0.4, 0.5) is 5.69 Å². The number of nitrogens with zero attached hydrogens (tertiary/aromatic N) is 1. The molecule has 0 saturated heterocycles. The van der Waals surface area contributed by atoms with Crippen molar-refractivity contribution in [2.45, 2.75) is 38.6 Å². The van der Waals surface area contributed by atoms with E-state index in [0.717, 1.165) is 6.07 Å². The number of ether oxygens (including phenoxy) is 2. The van der Waals surface area contributed by atoms with Gasteiger partial charge in [-0.15, -0.1) is 0 Å². The van der Waals surface area contributed by atoms with Crippen LogP contribution in [0.25, 0.3) is 0 Å². The van der Waals surface area contributed by atoms with E-state index in [1.807, 2.05) is 13.8 Å². The van der Waals surface area contributed by atoms with E-state index >= 15 is 0 Å². The third-order valence-electron chi connectivity index (χ3n) is 4.07. The maximum absolute atomic E-state index is 12.8. The van der Waals surface area contributed by atoms with E-state index in [1.165, 1.54) is 12.1 Å². The van der Waals surface area contributed by atoms with Gasteiger partial charge in [-0.2, -0.15) is 0 Å². The molecule has 0 aromatic heterocycles. The highest BCUT2D eigenvalue weighted by Gasteiger charge is 2.23. The lowest BCUT2D eigenvalue weighted by molar-refractivity contribution is -0.385. The van der Waals surface area contributed by atoms with Gasteiger partial charge in [-0.25, -0.2) is 13.1 Å². The van der Waals surface area contributed by atoms with Crippen LogP contribution in [0.15, 0.2) is 41.3 Å². The van der Waals surface area contributed by atoms with Gasteiger partial charge in [0, 0.05) is 18.2 Å². The monoisotopic (exact) mass is 408 g/mol. The molecule has 0 bridgehead atoms. The summed E-state index contributed by atoms with van der Waals surface area (Å²) in [6.07, 6.45) is 0. The van der Waals surface area contributed by atoms with Gasteiger partial charge in [0.2, 0.25) is 10.0 Å². The van der Waals surface area contributed by atoms with E-state index in [-0.39, 0.29) is 10.6 Å². The van der Waals surface area contributed by atoms with Crippen LogP contribution >= 0.6 is 0 Å². The first-order valence-corrected chi connectivity index (χ1v) is 10.3. The Morgan fingerprint density at radius 2 is 1.71 bits per heavy atom. The number of aryl methyl sites for hydroxylation is 1. The van der Waals surface area contributed by atoms with Gasteiger partial charge in [-0.1, -0.05) is 12.1 Å². The van der Waals surface area contributed by atoms with Gasteiger partial charge in [0.1, 0.15) is 0 Å². The SMILES string of the molecule is CCOc1ccc(C(C)NS(=O)(=O)c2cc([N+](=O)[O-])ccc2C)cc1OCC. The molecule has 0 fully saturated rings. The molecule has 152 valence electrons. The van der Waals surface area contributed by atoms with Crippen LogP contribution in [0.1, 0.15) is 37.9 Å². The standard InChI is InChI=1S/C19H24N2O6S/c1-5-26-17-10-8-15(11-18(17)27-6-2)14(4)20-28(24,25)19-12-16(21(22)23)9-7-13(19)3/h7-12,14,20H,5-6H2,1-4H3. The molecule has 2 aromatic rings. The highest BCUT2D eigenvalue weighted by molar-refractivity contribution is 7.89. The molecular weight excluding hydrogens is 384 g/mol. The van der Waals surface area contributed by atoms with Crippen LogP contribution in [0.3, 0.4) is 0 Å². The van der Waals surface area contributed by atoms with E-state index in [4.69, 9.17) is 9.47 Å².